The average molecular weight is 263 g/mol. The number of carbonyl (C=O) groups is 1. The van der Waals surface area contributed by atoms with Gasteiger partial charge in [0.2, 0.25) is 5.16 Å². The van der Waals surface area contributed by atoms with Gasteiger partial charge in [0.25, 0.3) is 0 Å². The standard InChI is InChI=1S/C12H13N3O2S/c1-2-10-13-12(15-14-10)18-7-8-5-3-4-6-9(8)11(16)17/h3-6H,2,7H2,1H3,(H,16,17)(H,13,14,15). The number of hydrogen-bond acceptors (Lipinski definition) is 4. The van der Waals surface area contributed by atoms with E-state index in [1.807, 2.05) is 19.1 Å². The van der Waals surface area contributed by atoms with Crippen molar-refractivity contribution >= 4 is 17.7 Å². The number of aromatic nitrogens is 3. The van der Waals surface area contributed by atoms with Crippen molar-refractivity contribution in [2.45, 2.75) is 24.3 Å². The third kappa shape index (κ3) is 2.89. The second kappa shape index (κ2) is 5.68. The van der Waals surface area contributed by atoms with Crippen molar-refractivity contribution < 1.29 is 9.90 Å². The van der Waals surface area contributed by atoms with Crippen LogP contribution in [-0.2, 0) is 12.2 Å². The van der Waals surface area contributed by atoms with Crippen LogP contribution in [0.3, 0.4) is 0 Å². The molecule has 0 saturated heterocycles. The van der Waals surface area contributed by atoms with Crippen molar-refractivity contribution in [3.8, 4) is 0 Å². The number of nitrogens with one attached hydrogen (secondary N) is 1. The van der Waals surface area contributed by atoms with E-state index in [2.05, 4.69) is 15.2 Å². The summed E-state index contributed by atoms with van der Waals surface area (Å²) in [5.41, 5.74) is 1.11. The van der Waals surface area contributed by atoms with E-state index in [0.717, 1.165) is 17.8 Å². The fourth-order valence-corrected chi connectivity index (χ4v) is 2.32. The topological polar surface area (TPSA) is 78.9 Å². The Kier molecular flexibility index (Phi) is 3.99. The van der Waals surface area contributed by atoms with E-state index in [-0.39, 0.29) is 0 Å². The van der Waals surface area contributed by atoms with Crippen molar-refractivity contribution in [3.63, 3.8) is 0 Å². The van der Waals surface area contributed by atoms with E-state index in [1.165, 1.54) is 11.8 Å². The molecule has 0 radical (unpaired) electrons. The number of aryl methyl sites for hydroxylation is 1. The molecular weight excluding hydrogens is 250 g/mol. The van der Waals surface area contributed by atoms with Gasteiger partial charge in [-0.05, 0) is 11.6 Å². The van der Waals surface area contributed by atoms with Gasteiger partial charge < -0.3 is 5.11 Å². The van der Waals surface area contributed by atoms with Crippen LogP contribution in [0.4, 0.5) is 0 Å². The van der Waals surface area contributed by atoms with Crippen molar-refractivity contribution in [1.29, 1.82) is 0 Å². The first kappa shape index (κ1) is 12.6. The lowest BCUT2D eigenvalue weighted by Crippen LogP contribution is -2.00. The summed E-state index contributed by atoms with van der Waals surface area (Å²) < 4.78 is 0. The highest BCUT2D eigenvalue weighted by Gasteiger charge is 2.10. The third-order valence-electron chi connectivity index (χ3n) is 2.45. The minimum Gasteiger partial charge on any atom is -0.478 e. The third-order valence-corrected chi connectivity index (χ3v) is 3.35. The smallest absolute Gasteiger partial charge is 0.335 e. The van der Waals surface area contributed by atoms with E-state index in [9.17, 15) is 4.79 Å². The highest BCUT2D eigenvalue weighted by atomic mass is 32.2. The van der Waals surface area contributed by atoms with E-state index in [4.69, 9.17) is 5.11 Å². The van der Waals surface area contributed by atoms with Gasteiger partial charge >= 0.3 is 5.97 Å². The van der Waals surface area contributed by atoms with E-state index >= 15 is 0 Å². The molecule has 0 saturated carbocycles. The number of aromatic carboxylic acids is 1. The lowest BCUT2D eigenvalue weighted by molar-refractivity contribution is 0.0696. The number of H-pyrrole nitrogens is 1. The SMILES string of the molecule is CCc1nc(SCc2ccccc2C(=O)O)n[nH]1. The maximum Gasteiger partial charge on any atom is 0.335 e. The molecule has 6 heteroatoms. The molecular formula is C12H13N3O2S. The molecule has 18 heavy (non-hydrogen) atoms. The second-order valence-electron chi connectivity index (χ2n) is 3.67. The molecule has 0 bridgehead atoms. The minimum absolute atomic E-state index is 0.330. The highest BCUT2D eigenvalue weighted by molar-refractivity contribution is 7.98. The number of carboxylic acid groups (broad SMARTS) is 1. The molecule has 0 aliphatic heterocycles. The molecule has 0 unspecified atom stereocenters. The average Bonchev–Trinajstić information content (AvgIpc) is 2.84. The van der Waals surface area contributed by atoms with Gasteiger partial charge in [-0.15, -0.1) is 5.10 Å². The number of benzene rings is 1. The molecule has 1 aromatic carbocycles. The fraction of sp³-hybridized carbons (Fsp3) is 0.250. The van der Waals surface area contributed by atoms with Gasteiger partial charge in [-0.3, -0.25) is 5.10 Å². The quantitative estimate of drug-likeness (QED) is 0.809. The Balaban J connectivity index is 2.08. The Labute approximate surface area is 109 Å². The zero-order valence-electron chi connectivity index (χ0n) is 9.88. The first-order valence-corrected chi connectivity index (χ1v) is 6.54. The van der Waals surface area contributed by atoms with E-state index in [1.54, 1.807) is 12.1 Å². The second-order valence-corrected chi connectivity index (χ2v) is 4.61. The number of hydrogen-bond donors (Lipinski definition) is 2. The number of thioether (sulfide) groups is 1. The number of aromatic amines is 1. The van der Waals surface area contributed by atoms with Crippen LogP contribution in [0.1, 0.15) is 28.7 Å². The van der Waals surface area contributed by atoms with Crippen molar-refractivity contribution in [1.82, 2.24) is 15.2 Å². The van der Waals surface area contributed by atoms with Crippen LogP contribution >= 0.6 is 11.8 Å². The van der Waals surface area contributed by atoms with Crippen LogP contribution in [-0.4, -0.2) is 26.3 Å². The lowest BCUT2D eigenvalue weighted by Gasteiger charge is -2.03. The van der Waals surface area contributed by atoms with Crippen molar-refractivity contribution in [2.24, 2.45) is 0 Å². The summed E-state index contributed by atoms with van der Waals surface area (Å²) >= 11 is 1.42. The molecule has 0 amide bonds. The van der Waals surface area contributed by atoms with Crippen molar-refractivity contribution in [2.75, 3.05) is 0 Å². The first-order valence-electron chi connectivity index (χ1n) is 5.56. The Bertz CT molecular complexity index is 554. The molecule has 0 spiro atoms. The largest absolute Gasteiger partial charge is 0.478 e. The molecule has 0 aliphatic carbocycles. The molecule has 1 aromatic heterocycles. The maximum atomic E-state index is 11.0. The molecule has 5 nitrogen and oxygen atoms in total. The first-order chi connectivity index (χ1) is 8.70. The molecule has 1 heterocycles. The molecule has 2 N–H and O–H groups in total. The van der Waals surface area contributed by atoms with Crippen molar-refractivity contribution in [3.05, 3.63) is 41.2 Å². The van der Waals surface area contributed by atoms with Crippen LogP contribution in [0.5, 0.6) is 0 Å². The Morgan fingerprint density at radius 3 is 2.89 bits per heavy atom. The molecule has 2 aromatic rings. The van der Waals surface area contributed by atoms with Gasteiger partial charge in [0.15, 0.2) is 0 Å². The summed E-state index contributed by atoms with van der Waals surface area (Å²) in [5.74, 6) is 0.475. The molecule has 94 valence electrons. The summed E-state index contributed by atoms with van der Waals surface area (Å²) in [4.78, 5) is 15.3. The van der Waals surface area contributed by atoms with Crippen LogP contribution < -0.4 is 0 Å². The van der Waals surface area contributed by atoms with Crippen LogP contribution in [0, 0.1) is 0 Å². The fourth-order valence-electron chi connectivity index (χ4n) is 1.50. The Hall–Kier alpha value is -1.82. The zero-order chi connectivity index (χ0) is 13.0. The Morgan fingerprint density at radius 2 is 2.22 bits per heavy atom. The minimum atomic E-state index is -0.907. The maximum absolute atomic E-state index is 11.0. The van der Waals surface area contributed by atoms with Crippen LogP contribution in [0.25, 0.3) is 0 Å². The van der Waals surface area contributed by atoms with E-state index < -0.39 is 5.97 Å². The number of carboxylic acids is 1. The van der Waals surface area contributed by atoms with Gasteiger partial charge in [0.05, 0.1) is 5.56 Å². The summed E-state index contributed by atoms with van der Waals surface area (Å²) in [6.07, 6.45) is 0.805. The van der Waals surface area contributed by atoms with E-state index in [0.29, 0.717) is 16.5 Å². The number of rotatable bonds is 5. The van der Waals surface area contributed by atoms with Gasteiger partial charge in [0.1, 0.15) is 5.82 Å². The molecule has 0 atom stereocenters. The molecule has 0 fully saturated rings. The zero-order valence-corrected chi connectivity index (χ0v) is 10.7. The Morgan fingerprint density at radius 1 is 1.44 bits per heavy atom. The summed E-state index contributed by atoms with van der Waals surface area (Å²) in [5, 5.41) is 16.6. The predicted octanol–water partition coefficient (Wildman–Crippen LogP) is 2.36. The predicted molar refractivity (Wildman–Crippen MR) is 68.7 cm³/mol. The van der Waals surface area contributed by atoms with Gasteiger partial charge in [0, 0.05) is 12.2 Å². The molecule has 0 aliphatic rings. The highest BCUT2D eigenvalue weighted by Crippen LogP contribution is 2.21. The monoisotopic (exact) mass is 263 g/mol. The lowest BCUT2D eigenvalue weighted by atomic mass is 10.1. The van der Waals surface area contributed by atoms with Gasteiger partial charge in [-0.1, -0.05) is 36.9 Å². The van der Waals surface area contributed by atoms with Crippen LogP contribution in [0.2, 0.25) is 0 Å². The van der Waals surface area contributed by atoms with Crippen LogP contribution in [0.15, 0.2) is 29.4 Å². The summed E-state index contributed by atoms with van der Waals surface area (Å²) in [6, 6.07) is 6.97. The summed E-state index contributed by atoms with van der Waals surface area (Å²) in [6.45, 7) is 1.99. The summed E-state index contributed by atoms with van der Waals surface area (Å²) in [7, 11) is 0. The van der Waals surface area contributed by atoms with Gasteiger partial charge in [-0.25, -0.2) is 9.78 Å². The number of nitrogens with zero attached hydrogens (tertiary/aromatic N) is 2. The molecule has 2 rings (SSSR count). The van der Waals surface area contributed by atoms with Gasteiger partial charge in [-0.2, -0.15) is 0 Å². The normalized spacial score (nSPS) is 10.5.